The van der Waals surface area contributed by atoms with Crippen LogP contribution in [-0.2, 0) is 9.59 Å². The summed E-state index contributed by atoms with van der Waals surface area (Å²) in [6, 6.07) is 0. The Hall–Kier alpha value is -1.00. The SMILES string of the molecule is C[C@]12CC[C@@H](O)CC1=CC(=O)C1C2CC[C@]2(C)C(=O)[C@H](O)CC12. The van der Waals surface area contributed by atoms with Crippen molar-refractivity contribution >= 4 is 11.6 Å². The molecule has 0 aromatic carbocycles. The van der Waals surface area contributed by atoms with Crippen LogP contribution in [0.4, 0.5) is 0 Å². The maximum Gasteiger partial charge on any atom is 0.167 e. The number of fused-ring (bicyclic) bond motifs is 5. The van der Waals surface area contributed by atoms with Crippen molar-refractivity contribution in [3.05, 3.63) is 11.6 Å². The van der Waals surface area contributed by atoms with Gasteiger partial charge in [0, 0.05) is 11.3 Å². The Bertz CT molecular complexity index is 608. The van der Waals surface area contributed by atoms with Gasteiger partial charge in [0.05, 0.1) is 6.10 Å². The number of Topliss-reactive ketones (excluding diaryl/α,β-unsaturated/α-hetero) is 1. The fraction of sp³-hybridized carbons (Fsp3) is 0.789. The zero-order chi connectivity index (χ0) is 16.6. The number of carbonyl (C=O) groups excluding carboxylic acids is 2. The number of aliphatic hydroxyl groups excluding tert-OH is 2. The van der Waals surface area contributed by atoms with Crippen LogP contribution in [0.3, 0.4) is 0 Å². The van der Waals surface area contributed by atoms with Crippen molar-refractivity contribution in [3.63, 3.8) is 0 Å². The number of hydrogen-bond donors (Lipinski definition) is 2. The summed E-state index contributed by atoms with van der Waals surface area (Å²) in [5, 5.41) is 20.1. The Morgan fingerprint density at radius 1 is 1.04 bits per heavy atom. The van der Waals surface area contributed by atoms with E-state index in [1.165, 1.54) is 0 Å². The van der Waals surface area contributed by atoms with E-state index in [0.717, 1.165) is 31.3 Å². The highest BCUT2D eigenvalue weighted by molar-refractivity contribution is 5.97. The van der Waals surface area contributed by atoms with E-state index in [1.54, 1.807) is 6.08 Å². The predicted octanol–water partition coefficient (Wildman–Crippen LogP) is 2.03. The summed E-state index contributed by atoms with van der Waals surface area (Å²) < 4.78 is 0. The number of allylic oxidation sites excluding steroid dienone is 1. The number of aliphatic hydroxyl groups is 2. The van der Waals surface area contributed by atoms with Gasteiger partial charge in [-0.1, -0.05) is 19.4 Å². The molecule has 4 aliphatic rings. The largest absolute Gasteiger partial charge is 0.393 e. The van der Waals surface area contributed by atoms with Gasteiger partial charge in [-0.2, -0.15) is 0 Å². The van der Waals surface area contributed by atoms with Gasteiger partial charge in [0.15, 0.2) is 11.6 Å². The van der Waals surface area contributed by atoms with E-state index >= 15 is 0 Å². The minimum Gasteiger partial charge on any atom is -0.393 e. The first-order valence-corrected chi connectivity index (χ1v) is 8.93. The third kappa shape index (κ3) is 1.91. The molecule has 0 spiro atoms. The van der Waals surface area contributed by atoms with Gasteiger partial charge < -0.3 is 10.2 Å². The summed E-state index contributed by atoms with van der Waals surface area (Å²) in [5.41, 5.74) is 0.540. The molecule has 3 saturated carbocycles. The van der Waals surface area contributed by atoms with Gasteiger partial charge >= 0.3 is 0 Å². The van der Waals surface area contributed by atoms with Crippen LogP contribution in [0.5, 0.6) is 0 Å². The molecule has 0 bridgehead atoms. The van der Waals surface area contributed by atoms with Crippen LogP contribution in [0.1, 0.15) is 52.4 Å². The van der Waals surface area contributed by atoms with E-state index in [1.807, 2.05) is 6.92 Å². The summed E-state index contributed by atoms with van der Waals surface area (Å²) in [7, 11) is 0. The first kappa shape index (κ1) is 15.5. The fourth-order valence-corrected chi connectivity index (χ4v) is 6.18. The monoisotopic (exact) mass is 318 g/mol. The van der Waals surface area contributed by atoms with Crippen LogP contribution in [0.15, 0.2) is 11.6 Å². The van der Waals surface area contributed by atoms with Gasteiger partial charge in [-0.3, -0.25) is 9.59 Å². The molecule has 4 heteroatoms. The quantitative estimate of drug-likeness (QED) is 0.717. The lowest BCUT2D eigenvalue weighted by molar-refractivity contribution is -0.141. The molecule has 126 valence electrons. The Labute approximate surface area is 137 Å². The van der Waals surface area contributed by atoms with Crippen LogP contribution in [-0.4, -0.2) is 34.0 Å². The summed E-state index contributed by atoms with van der Waals surface area (Å²) in [5.74, 6) is 0.136. The zero-order valence-electron chi connectivity index (χ0n) is 13.9. The molecule has 0 amide bonds. The van der Waals surface area contributed by atoms with Crippen molar-refractivity contribution in [3.8, 4) is 0 Å². The molecule has 0 aromatic rings. The second-order valence-electron chi connectivity index (χ2n) is 8.70. The highest BCUT2D eigenvalue weighted by Crippen LogP contribution is 2.63. The lowest BCUT2D eigenvalue weighted by Gasteiger charge is -2.55. The van der Waals surface area contributed by atoms with E-state index in [-0.39, 0.29) is 40.8 Å². The molecule has 4 rings (SSSR count). The van der Waals surface area contributed by atoms with Gasteiger partial charge in [-0.15, -0.1) is 0 Å². The number of rotatable bonds is 0. The second kappa shape index (κ2) is 4.76. The maximum atomic E-state index is 12.9. The average Bonchev–Trinajstić information content (AvgIpc) is 2.73. The molecule has 2 N–H and O–H groups in total. The van der Waals surface area contributed by atoms with Crippen LogP contribution in [0.25, 0.3) is 0 Å². The lowest BCUT2D eigenvalue weighted by Crippen LogP contribution is -2.53. The summed E-state index contributed by atoms with van der Waals surface area (Å²) in [6.07, 6.45) is 4.91. The van der Waals surface area contributed by atoms with Crippen molar-refractivity contribution < 1.29 is 19.8 Å². The predicted molar refractivity (Wildman–Crippen MR) is 84.5 cm³/mol. The Morgan fingerprint density at radius 3 is 2.48 bits per heavy atom. The maximum absolute atomic E-state index is 12.9. The van der Waals surface area contributed by atoms with Crippen LogP contribution < -0.4 is 0 Å². The van der Waals surface area contributed by atoms with Crippen molar-refractivity contribution in [2.24, 2.45) is 28.6 Å². The van der Waals surface area contributed by atoms with Gasteiger partial charge in [0.2, 0.25) is 0 Å². The zero-order valence-corrected chi connectivity index (χ0v) is 13.9. The van der Waals surface area contributed by atoms with Gasteiger partial charge in [-0.25, -0.2) is 0 Å². The van der Waals surface area contributed by atoms with Gasteiger partial charge in [0.1, 0.15) is 6.10 Å². The lowest BCUT2D eigenvalue weighted by atomic mass is 9.48. The molecule has 7 atom stereocenters. The Morgan fingerprint density at radius 2 is 1.74 bits per heavy atom. The minimum atomic E-state index is -0.900. The molecule has 0 heterocycles. The molecular weight excluding hydrogens is 292 g/mol. The smallest absolute Gasteiger partial charge is 0.167 e. The van der Waals surface area contributed by atoms with E-state index < -0.39 is 11.5 Å². The number of carbonyl (C=O) groups is 2. The van der Waals surface area contributed by atoms with Crippen molar-refractivity contribution in [1.29, 1.82) is 0 Å². The standard InChI is InChI=1S/C19H26O4/c1-18-5-3-11(20)7-10(18)8-14(21)16-12(18)4-6-19(2)13(16)9-15(22)17(19)23/h8,11-13,15-16,20,22H,3-7,9H2,1-2H3/t11-,12?,13?,15-,16?,18+,19+/m1/s1. The molecule has 0 radical (unpaired) electrons. The Balaban J connectivity index is 1.76. The van der Waals surface area contributed by atoms with Crippen molar-refractivity contribution in [1.82, 2.24) is 0 Å². The molecule has 0 aliphatic heterocycles. The summed E-state index contributed by atoms with van der Waals surface area (Å²) >= 11 is 0. The molecule has 3 fully saturated rings. The third-order valence-corrected chi connectivity index (χ3v) is 7.65. The van der Waals surface area contributed by atoms with Crippen molar-refractivity contribution in [2.45, 2.75) is 64.6 Å². The first-order valence-electron chi connectivity index (χ1n) is 8.93. The fourth-order valence-electron chi connectivity index (χ4n) is 6.18. The second-order valence-corrected chi connectivity index (χ2v) is 8.70. The molecule has 4 aliphatic carbocycles. The van der Waals surface area contributed by atoms with Gasteiger partial charge in [0.25, 0.3) is 0 Å². The van der Waals surface area contributed by atoms with E-state index in [0.29, 0.717) is 12.8 Å². The number of ketones is 2. The first-order chi connectivity index (χ1) is 10.8. The highest BCUT2D eigenvalue weighted by Gasteiger charge is 2.62. The van der Waals surface area contributed by atoms with Crippen LogP contribution in [0.2, 0.25) is 0 Å². The molecule has 4 nitrogen and oxygen atoms in total. The summed E-state index contributed by atoms with van der Waals surface area (Å²) in [4.78, 5) is 25.3. The molecular formula is C19H26O4. The van der Waals surface area contributed by atoms with E-state index in [4.69, 9.17) is 0 Å². The minimum absolute atomic E-state index is 0.0299. The molecule has 0 aromatic heterocycles. The highest BCUT2D eigenvalue weighted by atomic mass is 16.3. The third-order valence-electron chi connectivity index (χ3n) is 7.65. The Kier molecular flexibility index (Phi) is 3.21. The normalized spacial score (nSPS) is 52.5. The van der Waals surface area contributed by atoms with Crippen LogP contribution >= 0.6 is 0 Å². The van der Waals surface area contributed by atoms with E-state index in [9.17, 15) is 19.8 Å². The average molecular weight is 318 g/mol. The van der Waals surface area contributed by atoms with Crippen LogP contribution in [0, 0.1) is 28.6 Å². The van der Waals surface area contributed by atoms with Crippen molar-refractivity contribution in [2.75, 3.05) is 0 Å². The number of hydrogen-bond acceptors (Lipinski definition) is 4. The summed E-state index contributed by atoms with van der Waals surface area (Å²) in [6.45, 7) is 4.19. The van der Waals surface area contributed by atoms with Gasteiger partial charge in [-0.05, 0) is 61.9 Å². The van der Waals surface area contributed by atoms with E-state index in [2.05, 4.69) is 6.92 Å². The molecule has 0 saturated heterocycles. The molecule has 3 unspecified atom stereocenters. The topological polar surface area (TPSA) is 74.6 Å². The molecule has 23 heavy (non-hydrogen) atoms.